The normalized spacial score (nSPS) is 14.7. The number of anilines is 1. The molecule has 2 aromatic heterocycles. The molecule has 19 heavy (non-hydrogen) atoms. The molecule has 0 amide bonds. The maximum absolute atomic E-state index is 5.50. The molecule has 0 spiro atoms. The van der Waals surface area contributed by atoms with Crippen molar-refractivity contribution in [2.24, 2.45) is 12.9 Å². The van der Waals surface area contributed by atoms with Gasteiger partial charge in [-0.3, -0.25) is 4.68 Å². The second-order valence-corrected chi connectivity index (χ2v) is 4.94. The lowest BCUT2D eigenvalue weighted by molar-refractivity contribution is 0.746. The highest BCUT2D eigenvalue weighted by atomic mass is 15.3. The summed E-state index contributed by atoms with van der Waals surface area (Å²) in [6.07, 6.45) is 5.23. The van der Waals surface area contributed by atoms with E-state index in [4.69, 9.17) is 5.84 Å². The number of aromatic nitrogens is 4. The van der Waals surface area contributed by atoms with Crippen LogP contribution in [0.5, 0.6) is 0 Å². The average Bonchev–Trinajstić information content (AvgIpc) is 3.21. The third-order valence-electron chi connectivity index (χ3n) is 3.37. The smallest absolute Gasteiger partial charge is 0.165 e. The van der Waals surface area contributed by atoms with E-state index in [-0.39, 0.29) is 0 Å². The van der Waals surface area contributed by atoms with Crippen LogP contribution in [0.4, 0.5) is 5.82 Å². The zero-order chi connectivity index (χ0) is 13.4. The molecule has 0 saturated heterocycles. The van der Waals surface area contributed by atoms with Crippen molar-refractivity contribution in [1.29, 1.82) is 0 Å². The number of nitrogens with two attached hydrogens (primary N) is 1. The van der Waals surface area contributed by atoms with Gasteiger partial charge < -0.3 is 5.43 Å². The minimum atomic E-state index is 0.565. The van der Waals surface area contributed by atoms with Crippen LogP contribution < -0.4 is 11.3 Å². The fourth-order valence-electron chi connectivity index (χ4n) is 2.23. The lowest BCUT2D eigenvalue weighted by Crippen LogP contribution is -2.10. The molecule has 0 aromatic carbocycles. The van der Waals surface area contributed by atoms with Gasteiger partial charge in [0.15, 0.2) is 5.82 Å². The van der Waals surface area contributed by atoms with Gasteiger partial charge >= 0.3 is 0 Å². The van der Waals surface area contributed by atoms with Gasteiger partial charge in [0, 0.05) is 30.9 Å². The summed E-state index contributed by atoms with van der Waals surface area (Å²) in [7, 11) is 1.91. The summed E-state index contributed by atoms with van der Waals surface area (Å²) in [5.41, 5.74) is 5.70. The fraction of sp³-hybridized carbons (Fsp3) is 0.462. The molecule has 2 aromatic rings. The largest absolute Gasteiger partial charge is 0.308 e. The Bertz CT molecular complexity index is 599. The molecule has 0 aliphatic heterocycles. The number of hydrogen-bond donors (Lipinski definition) is 2. The molecule has 3 N–H and O–H groups in total. The summed E-state index contributed by atoms with van der Waals surface area (Å²) in [4.78, 5) is 9.13. The van der Waals surface area contributed by atoms with Gasteiger partial charge in [0.1, 0.15) is 5.82 Å². The molecule has 100 valence electrons. The van der Waals surface area contributed by atoms with Gasteiger partial charge in [-0.1, -0.05) is 6.92 Å². The summed E-state index contributed by atoms with van der Waals surface area (Å²) in [6.45, 7) is 2.08. The maximum Gasteiger partial charge on any atom is 0.165 e. The molecule has 1 aliphatic rings. The molecule has 0 radical (unpaired) electrons. The van der Waals surface area contributed by atoms with Gasteiger partial charge in [0.2, 0.25) is 0 Å². The molecule has 0 unspecified atom stereocenters. The summed E-state index contributed by atoms with van der Waals surface area (Å²) in [5.74, 6) is 7.44. The van der Waals surface area contributed by atoms with Crippen molar-refractivity contribution in [3.63, 3.8) is 0 Å². The van der Waals surface area contributed by atoms with Crippen LogP contribution in [0.3, 0.4) is 0 Å². The predicted molar refractivity (Wildman–Crippen MR) is 73.4 cm³/mol. The number of nitrogens with one attached hydrogen (secondary N) is 1. The Morgan fingerprint density at radius 1 is 1.42 bits per heavy atom. The summed E-state index contributed by atoms with van der Waals surface area (Å²) in [6, 6.07) is 1.93. The van der Waals surface area contributed by atoms with Crippen LogP contribution in [0, 0.1) is 0 Å². The molecule has 6 heteroatoms. The lowest BCUT2D eigenvalue weighted by atomic mass is 10.2. The third kappa shape index (κ3) is 2.31. The topological polar surface area (TPSA) is 81.7 Å². The number of aryl methyl sites for hydroxylation is 2. The van der Waals surface area contributed by atoms with Crippen LogP contribution in [-0.2, 0) is 13.5 Å². The zero-order valence-corrected chi connectivity index (χ0v) is 11.2. The van der Waals surface area contributed by atoms with Gasteiger partial charge in [0.25, 0.3) is 0 Å². The average molecular weight is 258 g/mol. The Balaban J connectivity index is 2.09. The monoisotopic (exact) mass is 258 g/mol. The van der Waals surface area contributed by atoms with Crippen molar-refractivity contribution in [2.45, 2.75) is 32.1 Å². The number of rotatable bonds is 4. The van der Waals surface area contributed by atoms with E-state index >= 15 is 0 Å². The van der Waals surface area contributed by atoms with Crippen molar-refractivity contribution < 1.29 is 0 Å². The second kappa shape index (κ2) is 4.62. The summed E-state index contributed by atoms with van der Waals surface area (Å²) < 4.78 is 1.80. The Kier molecular flexibility index (Phi) is 2.94. The summed E-state index contributed by atoms with van der Waals surface area (Å²) in [5, 5.41) is 4.44. The van der Waals surface area contributed by atoms with Crippen molar-refractivity contribution >= 4 is 5.82 Å². The predicted octanol–water partition coefficient (Wildman–Crippen LogP) is 1.60. The molecule has 0 bridgehead atoms. The van der Waals surface area contributed by atoms with E-state index in [2.05, 4.69) is 27.4 Å². The first-order valence-electron chi connectivity index (χ1n) is 6.59. The molecule has 1 fully saturated rings. The lowest BCUT2D eigenvalue weighted by Gasteiger charge is -2.06. The first kappa shape index (κ1) is 12.1. The Hall–Kier alpha value is -1.95. The number of hydrogen-bond acceptors (Lipinski definition) is 5. The minimum Gasteiger partial charge on any atom is -0.308 e. The summed E-state index contributed by atoms with van der Waals surface area (Å²) >= 11 is 0. The Morgan fingerprint density at radius 2 is 2.21 bits per heavy atom. The van der Waals surface area contributed by atoms with Gasteiger partial charge in [-0.15, -0.1) is 0 Å². The number of nitrogens with zero attached hydrogens (tertiary/aromatic N) is 4. The fourth-order valence-corrected chi connectivity index (χ4v) is 2.23. The molecular weight excluding hydrogens is 240 g/mol. The third-order valence-corrected chi connectivity index (χ3v) is 3.37. The zero-order valence-electron chi connectivity index (χ0n) is 11.2. The van der Waals surface area contributed by atoms with E-state index in [1.807, 2.05) is 19.3 Å². The molecule has 1 aliphatic carbocycles. The van der Waals surface area contributed by atoms with Crippen LogP contribution in [-0.4, -0.2) is 19.7 Å². The molecular formula is C13H18N6. The van der Waals surface area contributed by atoms with E-state index in [1.165, 1.54) is 12.8 Å². The molecule has 1 saturated carbocycles. The first-order valence-corrected chi connectivity index (χ1v) is 6.59. The van der Waals surface area contributed by atoms with Gasteiger partial charge in [-0.05, 0) is 19.3 Å². The van der Waals surface area contributed by atoms with E-state index in [0.717, 1.165) is 23.4 Å². The molecule has 2 heterocycles. The molecule has 6 nitrogen and oxygen atoms in total. The van der Waals surface area contributed by atoms with E-state index < -0.39 is 0 Å². The highest BCUT2D eigenvalue weighted by molar-refractivity contribution is 5.60. The second-order valence-electron chi connectivity index (χ2n) is 4.94. The highest BCUT2D eigenvalue weighted by Crippen LogP contribution is 2.40. The van der Waals surface area contributed by atoms with Crippen molar-refractivity contribution in [1.82, 2.24) is 19.7 Å². The van der Waals surface area contributed by atoms with E-state index in [1.54, 1.807) is 4.68 Å². The van der Waals surface area contributed by atoms with E-state index in [9.17, 15) is 0 Å². The van der Waals surface area contributed by atoms with Crippen molar-refractivity contribution in [3.8, 4) is 11.4 Å². The number of hydrazine groups is 1. The minimum absolute atomic E-state index is 0.565. The standard InChI is InChI=1S/C13H18N6/c1-3-10-9(7-19(2)18-10)13-15-11(8-4-5-8)6-12(16-13)17-14/h6-8H,3-5,14H2,1-2H3,(H,15,16,17). The molecule has 3 rings (SSSR count). The van der Waals surface area contributed by atoms with Crippen LogP contribution in [0.1, 0.15) is 37.1 Å². The van der Waals surface area contributed by atoms with Crippen LogP contribution in [0.25, 0.3) is 11.4 Å². The van der Waals surface area contributed by atoms with Crippen molar-refractivity contribution in [3.05, 3.63) is 23.7 Å². The van der Waals surface area contributed by atoms with Gasteiger partial charge in [-0.2, -0.15) is 5.10 Å². The quantitative estimate of drug-likeness (QED) is 0.643. The van der Waals surface area contributed by atoms with E-state index in [0.29, 0.717) is 17.6 Å². The Morgan fingerprint density at radius 3 is 2.84 bits per heavy atom. The van der Waals surface area contributed by atoms with Crippen LogP contribution in [0.15, 0.2) is 12.3 Å². The highest BCUT2D eigenvalue weighted by Gasteiger charge is 2.26. The van der Waals surface area contributed by atoms with Gasteiger partial charge in [0.05, 0.1) is 11.3 Å². The number of nitrogen functional groups attached to an aromatic ring is 1. The Labute approximate surface area is 112 Å². The van der Waals surface area contributed by atoms with Crippen molar-refractivity contribution in [2.75, 3.05) is 5.43 Å². The SMILES string of the molecule is CCc1nn(C)cc1-c1nc(NN)cc(C2CC2)n1. The van der Waals surface area contributed by atoms with Crippen LogP contribution >= 0.6 is 0 Å². The van der Waals surface area contributed by atoms with Crippen LogP contribution in [0.2, 0.25) is 0 Å². The maximum atomic E-state index is 5.50. The first-order chi connectivity index (χ1) is 9.21. The van der Waals surface area contributed by atoms with Gasteiger partial charge in [-0.25, -0.2) is 15.8 Å². The molecule has 0 atom stereocenters.